The van der Waals surface area contributed by atoms with Crippen LogP contribution in [0.25, 0.3) is 0 Å². The molecular weight excluding hydrogens is 374 g/mol. The molecule has 1 fully saturated rings. The highest BCUT2D eigenvalue weighted by Gasteiger charge is 2.22. The fourth-order valence-electron chi connectivity index (χ4n) is 2.25. The number of hydrogen-bond donors (Lipinski definition) is 0. The summed E-state index contributed by atoms with van der Waals surface area (Å²) in [5.74, 6) is 0.0556. The van der Waals surface area contributed by atoms with Crippen molar-refractivity contribution >= 4 is 37.8 Å². The fraction of sp³-hybridized carbons (Fsp3) is 0.500. The van der Waals surface area contributed by atoms with Gasteiger partial charge in [0.25, 0.3) is 5.91 Å². The normalized spacial score (nSPS) is 18.6. The molecule has 1 aliphatic rings. The SMILES string of the molecule is CCN(CC1CCCO1)C(=O)c1cc(Br)cc(Br)c1. The lowest BCUT2D eigenvalue weighted by atomic mass is 10.1. The van der Waals surface area contributed by atoms with E-state index in [4.69, 9.17) is 4.74 Å². The highest BCUT2D eigenvalue weighted by atomic mass is 79.9. The molecule has 5 heteroatoms. The van der Waals surface area contributed by atoms with Crippen molar-refractivity contribution in [3.63, 3.8) is 0 Å². The second kappa shape index (κ2) is 6.86. The number of halogens is 2. The molecule has 1 amide bonds. The summed E-state index contributed by atoms with van der Waals surface area (Å²) in [5.41, 5.74) is 0.695. The molecule has 1 aromatic carbocycles. The minimum atomic E-state index is 0.0556. The van der Waals surface area contributed by atoms with Crippen LogP contribution in [-0.2, 0) is 4.74 Å². The molecule has 0 spiro atoms. The summed E-state index contributed by atoms with van der Waals surface area (Å²) in [4.78, 5) is 14.3. The summed E-state index contributed by atoms with van der Waals surface area (Å²) < 4.78 is 7.41. The highest BCUT2D eigenvalue weighted by Crippen LogP contribution is 2.22. The monoisotopic (exact) mass is 389 g/mol. The second-order valence-corrected chi connectivity index (χ2v) is 6.47. The zero-order valence-electron chi connectivity index (χ0n) is 10.9. The molecule has 1 saturated heterocycles. The lowest BCUT2D eigenvalue weighted by Crippen LogP contribution is -2.37. The van der Waals surface area contributed by atoms with E-state index in [1.54, 1.807) is 0 Å². The van der Waals surface area contributed by atoms with Gasteiger partial charge in [0, 0.05) is 34.2 Å². The maximum absolute atomic E-state index is 12.5. The predicted octanol–water partition coefficient (Wildman–Crippen LogP) is 3.85. The largest absolute Gasteiger partial charge is 0.376 e. The van der Waals surface area contributed by atoms with Gasteiger partial charge in [-0.15, -0.1) is 0 Å². The molecule has 0 aromatic heterocycles. The standard InChI is InChI=1S/C14H17Br2NO2/c1-2-17(9-13-4-3-5-19-13)14(18)10-6-11(15)8-12(16)7-10/h6-8,13H,2-5,9H2,1H3. The first-order chi connectivity index (χ1) is 9.10. The van der Waals surface area contributed by atoms with E-state index in [1.165, 1.54) is 0 Å². The Balaban J connectivity index is 2.10. The van der Waals surface area contributed by atoms with Crippen molar-refractivity contribution in [1.29, 1.82) is 0 Å². The number of ether oxygens (including phenoxy) is 1. The summed E-state index contributed by atoms with van der Waals surface area (Å²) in [7, 11) is 0. The average Bonchev–Trinajstić information content (AvgIpc) is 2.86. The van der Waals surface area contributed by atoms with Gasteiger partial charge in [0.15, 0.2) is 0 Å². The summed E-state index contributed by atoms with van der Waals surface area (Å²) in [6.07, 6.45) is 2.34. The van der Waals surface area contributed by atoms with Gasteiger partial charge in [0.2, 0.25) is 0 Å². The van der Waals surface area contributed by atoms with Crippen LogP contribution in [0, 0.1) is 0 Å². The molecule has 2 rings (SSSR count). The molecule has 1 atom stereocenters. The van der Waals surface area contributed by atoms with Crippen LogP contribution in [-0.4, -0.2) is 36.6 Å². The zero-order chi connectivity index (χ0) is 13.8. The Hall–Kier alpha value is -0.390. The average molecular weight is 391 g/mol. The third-order valence-electron chi connectivity index (χ3n) is 3.23. The van der Waals surface area contributed by atoms with E-state index in [2.05, 4.69) is 31.9 Å². The zero-order valence-corrected chi connectivity index (χ0v) is 14.0. The lowest BCUT2D eigenvalue weighted by Gasteiger charge is -2.24. The maximum Gasteiger partial charge on any atom is 0.254 e. The van der Waals surface area contributed by atoms with Gasteiger partial charge in [-0.25, -0.2) is 0 Å². The minimum Gasteiger partial charge on any atom is -0.376 e. The molecule has 0 radical (unpaired) electrons. The summed E-state index contributed by atoms with van der Waals surface area (Å²) >= 11 is 6.83. The minimum absolute atomic E-state index is 0.0556. The third-order valence-corrected chi connectivity index (χ3v) is 4.14. The first-order valence-electron chi connectivity index (χ1n) is 6.47. The van der Waals surface area contributed by atoms with E-state index >= 15 is 0 Å². The topological polar surface area (TPSA) is 29.5 Å². The first kappa shape index (κ1) is 15.0. The van der Waals surface area contributed by atoms with Gasteiger partial charge < -0.3 is 9.64 Å². The number of hydrogen-bond acceptors (Lipinski definition) is 2. The molecule has 0 bridgehead atoms. The van der Waals surface area contributed by atoms with Crippen LogP contribution in [0.15, 0.2) is 27.1 Å². The maximum atomic E-state index is 12.5. The summed E-state index contributed by atoms with van der Waals surface area (Å²) in [6.45, 7) is 4.20. The lowest BCUT2D eigenvalue weighted by molar-refractivity contribution is 0.0539. The Morgan fingerprint density at radius 3 is 2.58 bits per heavy atom. The Labute approximate surface area is 130 Å². The Bertz CT molecular complexity index is 439. The van der Waals surface area contributed by atoms with E-state index in [1.807, 2.05) is 30.0 Å². The number of benzene rings is 1. The van der Waals surface area contributed by atoms with Crippen LogP contribution in [0.3, 0.4) is 0 Å². The van der Waals surface area contributed by atoms with Gasteiger partial charge in [-0.05, 0) is 38.0 Å². The molecule has 1 aliphatic heterocycles. The molecule has 0 saturated carbocycles. The van der Waals surface area contributed by atoms with Gasteiger partial charge in [-0.1, -0.05) is 31.9 Å². The predicted molar refractivity (Wildman–Crippen MR) is 82.4 cm³/mol. The van der Waals surface area contributed by atoms with E-state index in [0.29, 0.717) is 18.7 Å². The van der Waals surface area contributed by atoms with E-state index in [9.17, 15) is 4.79 Å². The highest BCUT2D eigenvalue weighted by molar-refractivity contribution is 9.11. The van der Waals surface area contributed by atoms with Crippen molar-refractivity contribution in [1.82, 2.24) is 4.90 Å². The van der Waals surface area contributed by atoms with Gasteiger partial charge in [-0.2, -0.15) is 0 Å². The number of likely N-dealkylation sites (N-methyl/N-ethyl adjacent to an activating group) is 1. The third kappa shape index (κ3) is 4.04. The second-order valence-electron chi connectivity index (χ2n) is 4.64. The molecule has 0 aliphatic carbocycles. The Morgan fingerprint density at radius 1 is 1.37 bits per heavy atom. The Kier molecular flexibility index (Phi) is 5.42. The summed E-state index contributed by atoms with van der Waals surface area (Å²) in [6, 6.07) is 5.63. The first-order valence-corrected chi connectivity index (χ1v) is 8.05. The number of carbonyl (C=O) groups is 1. The molecule has 3 nitrogen and oxygen atoms in total. The molecule has 1 heterocycles. The van der Waals surface area contributed by atoms with Gasteiger partial charge in [0.1, 0.15) is 0 Å². The number of carbonyl (C=O) groups excluding carboxylic acids is 1. The van der Waals surface area contributed by atoms with Crippen molar-refractivity contribution in [3.05, 3.63) is 32.7 Å². The van der Waals surface area contributed by atoms with Crippen molar-refractivity contribution < 1.29 is 9.53 Å². The van der Waals surface area contributed by atoms with Crippen LogP contribution >= 0.6 is 31.9 Å². The molecule has 104 valence electrons. The molecule has 0 N–H and O–H groups in total. The van der Waals surface area contributed by atoms with Crippen LogP contribution in [0.1, 0.15) is 30.1 Å². The van der Waals surface area contributed by atoms with Crippen molar-refractivity contribution in [2.75, 3.05) is 19.7 Å². The smallest absolute Gasteiger partial charge is 0.254 e. The number of nitrogens with zero attached hydrogens (tertiary/aromatic N) is 1. The van der Waals surface area contributed by atoms with Crippen LogP contribution in [0.2, 0.25) is 0 Å². The van der Waals surface area contributed by atoms with Crippen molar-refractivity contribution in [2.45, 2.75) is 25.9 Å². The van der Waals surface area contributed by atoms with Crippen molar-refractivity contribution in [3.8, 4) is 0 Å². The quantitative estimate of drug-likeness (QED) is 0.781. The van der Waals surface area contributed by atoms with Gasteiger partial charge >= 0.3 is 0 Å². The van der Waals surface area contributed by atoms with Crippen LogP contribution in [0.5, 0.6) is 0 Å². The van der Waals surface area contributed by atoms with E-state index < -0.39 is 0 Å². The van der Waals surface area contributed by atoms with Gasteiger partial charge in [-0.3, -0.25) is 4.79 Å². The van der Waals surface area contributed by atoms with Crippen molar-refractivity contribution in [2.24, 2.45) is 0 Å². The summed E-state index contributed by atoms with van der Waals surface area (Å²) in [5, 5.41) is 0. The fourth-order valence-corrected chi connectivity index (χ4v) is 3.54. The van der Waals surface area contributed by atoms with Gasteiger partial charge in [0.05, 0.1) is 6.10 Å². The number of rotatable bonds is 4. The molecule has 19 heavy (non-hydrogen) atoms. The van der Waals surface area contributed by atoms with E-state index in [0.717, 1.165) is 28.4 Å². The molecule has 1 unspecified atom stereocenters. The van der Waals surface area contributed by atoms with E-state index in [-0.39, 0.29) is 12.0 Å². The van der Waals surface area contributed by atoms with Crippen LogP contribution < -0.4 is 0 Å². The number of amides is 1. The Morgan fingerprint density at radius 2 is 2.05 bits per heavy atom. The molecule has 1 aromatic rings. The van der Waals surface area contributed by atoms with Crippen LogP contribution in [0.4, 0.5) is 0 Å². The molecular formula is C14H17Br2NO2.